The van der Waals surface area contributed by atoms with E-state index in [0.29, 0.717) is 12.6 Å². The van der Waals surface area contributed by atoms with E-state index < -0.39 is 0 Å². The second-order valence-corrected chi connectivity index (χ2v) is 7.35. The highest BCUT2D eigenvalue weighted by atomic mass is 32.1. The summed E-state index contributed by atoms with van der Waals surface area (Å²) in [6.07, 6.45) is 0. The van der Waals surface area contributed by atoms with Gasteiger partial charge in [-0.3, -0.25) is 9.58 Å². The first-order valence-electron chi connectivity index (χ1n) is 8.51. The van der Waals surface area contributed by atoms with Crippen molar-refractivity contribution in [3.05, 3.63) is 63.9 Å². The standard InChI is InChI=1S/C19H22N4OS/c1-14-6-15(2)23(21-14)18-9-22(10-18)8-16-4-3-5-19(7-16)24-11-17-12-25-13-20-17/h3-7,12-13,18H,8-11H2,1-2H3. The van der Waals surface area contributed by atoms with Crippen LogP contribution in [0.3, 0.4) is 0 Å². The van der Waals surface area contributed by atoms with Crippen LogP contribution in [-0.2, 0) is 13.2 Å². The fraction of sp³-hybridized carbons (Fsp3) is 0.368. The molecule has 4 rings (SSSR count). The molecule has 0 saturated carbocycles. The monoisotopic (exact) mass is 354 g/mol. The minimum absolute atomic E-state index is 0.498. The zero-order valence-corrected chi connectivity index (χ0v) is 15.4. The molecule has 0 spiro atoms. The number of nitrogens with zero attached hydrogens (tertiary/aromatic N) is 4. The van der Waals surface area contributed by atoms with Crippen molar-refractivity contribution in [2.45, 2.75) is 33.0 Å². The van der Waals surface area contributed by atoms with Crippen LogP contribution in [0.4, 0.5) is 0 Å². The summed E-state index contributed by atoms with van der Waals surface area (Å²) in [5, 5.41) is 6.62. The number of benzene rings is 1. The number of likely N-dealkylation sites (tertiary alicyclic amines) is 1. The summed E-state index contributed by atoms with van der Waals surface area (Å²) in [4.78, 5) is 6.69. The minimum atomic E-state index is 0.498. The van der Waals surface area contributed by atoms with E-state index in [4.69, 9.17) is 4.74 Å². The Labute approximate surface area is 151 Å². The zero-order chi connectivity index (χ0) is 17.2. The smallest absolute Gasteiger partial charge is 0.131 e. The molecule has 2 aromatic heterocycles. The maximum Gasteiger partial charge on any atom is 0.131 e. The highest BCUT2D eigenvalue weighted by Crippen LogP contribution is 2.25. The second-order valence-electron chi connectivity index (χ2n) is 6.64. The molecule has 1 saturated heterocycles. The van der Waals surface area contributed by atoms with Gasteiger partial charge in [0.1, 0.15) is 12.4 Å². The van der Waals surface area contributed by atoms with Gasteiger partial charge in [-0.15, -0.1) is 11.3 Å². The van der Waals surface area contributed by atoms with Crippen molar-refractivity contribution in [3.8, 4) is 5.75 Å². The van der Waals surface area contributed by atoms with E-state index in [9.17, 15) is 0 Å². The Balaban J connectivity index is 1.31. The van der Waals surface area contributed by atoms with Crippen LogP contribution < -0.4 is 4.74 Å². The molecule has 1 aliphatic rings. The first-order valence-corrected chi connectivity index (χ1v) is 9.45. The quantitative estimate of drug-likeness (QED) is 0.678. The molecule has 6 heteroatoms. The lowest BCUT2D eigenvalue weighted by atomic mass is 10.1. The normalized spacial score (nSPS) is 15.3. The van der Waals surface area contributed by atoms with Gasteiger partial charge < -0.3 is 4.74 Å². The van der Waals surface area contributed by atoms with Crippen molar-refractivity contribution in [1.29, 1.82) is 0 Å². The van der Waals surface area contributed by atoms with Crippen molar-refractivity contribution < 1.29 is 4.74 Å². The van der Waals surface area contributed by atoms with Gasteiger partial charge in [-0.25, -0.2) is 4.98 Å². The molecule has 0 radical (unpaired) electrons. The molecule has 1 aromatic carbocycles. The molecule has 130 valence electrons. The van der Waals surface area contributed by atoms with E-state index >= 15 is 0 Å². The van der Waals surface area contributed by atoms with Gasteiger partial charge in [-0.2, -0.15) is 5.10 Å². The van der Waals surface area contributed by atoms with Crippen molar-refractivity contribution >= 4 is 11.3 Å². The van der Waals surface area contributed by atoms with Gasteiger partial charge in [0.25, 0.3) is 0 Å². The first kappa shape index (κ1) is 16.3. The fourth-order valence-corrected chi connectivity index (χ4v) is 3.84. The molecule has 0 aliphatic carbocycles. The van der Waals surface area contributed by atoms with Gasteiger partial charge in [-0.05, 0) is 37.6 Å². The highest BCUT2D eigenvalue weighted by molar-refractivity contribution is 7.07. The maximum absolute atomic E-state index is 5.84. The molecule has 0 atom stereocenters. The van der Waals surface area contributed by atoms with Gasteiger partial charge in [-0.1, -0.05) is 12.1 Å². The molecule has 0 N–H and O–H groups in total. The Bertz CT molecular complexity index is 837. The number of rotatable bonds is 6. The van der Waals surface area contributed by atoms with Crippen molar-refractivity contribution in [1.82, 2.24) is 19.7 Å². The number of hydrogen-bond donors (Lipinski definition) is 0. The number of thiazole rings is 1. The van der Waals surface area contributed by atoms with Crippen molar-refractivity contribution in [2.24, 2.45) is 0 Å². The molecule has 0 bridgehead atoms. The lowest BCUT2D eigenvalue weighted by Crippen LogP contribution is -2.47. The summed E-state index contributed by atoms with van der Waals surface area (Å²) >= 11 is 1.59. The van der Waals surface area contributed by atoms with E-state index in [1.807, 2.05) is 17.0 Å². The largest absolute Gasteiger partial charge is 0.487 e. The molecule has 1 fully saturated rings. The van der Waals surface area contributed by atoms with E-state index in [2.05, 4.69) is 57.8 Å². The van der Waals surface area contributed by atoms with Crippen molar-refractivity contribution in [3.63, 3.8) is 0 Å². The molecule has 3 heterocycles. The van der Waals surface area contributed by atoms with Crippen LogP contribution in [0, 0.1) is 13.8 Å². The van der Waals surface area contributed by atoms with Crippen LogP contribution in [0.25, 0.3) is 0 Å². The minimum Gasteiger partial charge on any atom is -0.487 e. The first-order chi connectivity index (χ1) is 12.2. The highest BCUT2D eigenvalue weighted by Gasteiger charge is 2.29. The summed E-state index contributed by atoms with van der Waals surface area (Å²) in [5.74, 6) is 0.904. The van der Waals surface area contributed by atoms with Crippen LogP contribution in [0.1, 0.15) is 28.7 Å². The van der Waals surface area contributed by atoms with Crippen LogP contribution in [0.2, 0.25) is 0 Å². The van der Waals surface area contributed by atoms with E-state index in [-0.39, 0.29) is 0 Å². The predicted octanol–water partition coefficient (Wildman–Crippen LogP) is 3.59. The number of hydrogen-bond acceptors (Lipinski definition) is 5. The Morgan fingerprint density at radius 1 is 1.24 bits per heavy atom. The maximum atomic E-state index is 5.84. The van der Waals surface area contributed by atoms with Crippen LogP contribution in [-0.4, -0.2) is 32.8 Å². The van der Waals surface area contributed by atoms with Crippen molar-refractivity contribution in [2.75, 3.05) is 13.1 Å². The predicted molar refractivity (Wildman–Crippen MR) is 98.9 cm³/mol. The number of aryl methyl sites for hydroxylation is 2. The molecule has 3 aromatic rings. The summed E-state index contributed by atoms with van der Waals surface area (Å²) in [6.45, 7) is 7.75. The number of ether oxygens (including phenoxy) is 1. The van der Waals surface area contributed by atoms with Gasteiger partial charge in [0.05, 0.1) is 22.9 Å². The van der Waals surface area contributed by atoms with Gasteiger partial charge in [0.2, 0.25) is 0 Å². The Hall–Kier alpha value is -2.18. The molecule has 5 nitrogen and oxygen atoms in total. The average molecular weight is 354 g/mol. The molecular formula is C19H22N4OS. The molecule has 25 heavy (non-hydrogen) atoms. The third-order valence-corrected chi connectivity index (χ3v) is 5.14. The Kier molecular flexibility index (Phi) is 4.55. The molecule has 0 unspecified atom stereocenters. The van der Waals surface area contributed by atoms with E-state index in [1.165, 1.54) is 11.3 Å². The van der Waals surface area contributed by atoms with Crippen LogP contribution >= 0.6 is 11.3 Å². The summed E-state index contributed by atoms with van der Waals surface area (Å²) < 4.78 is 8.01. The molecule has 0 amide bonds. The number of aromatic nitrogens is 3. The Morgan fingerprint density at radius 2 is 2.12 bits per heavy atom. The SMILES string of the molecule is Cc1cc(C)n(C2CN(Cc3cccc(OCc4cscn4)c3)C2)n1. The van der Waals surface area contributed by atoms with Gasteiger partial charge in [0, 0.05) is 30.7 Å². The fourth-order valence-electron chi connectivity index (χ4n) is 3.30. The third kappa shape index (κ3) is 3.75. The zero-order valence-electron chi connectivity index (χ0n) is 14.6. The molecule has 1 aliphatic heterocycles. The Morgan fingerprint density at radius 3 is 2.84 bits per heavy atom. The lowest BCUT2D eigenvalue weighted by Gasteiger charge is -2.39. The van der Waals surface area contributed by atoms with Crippen LogP contribution in [0.15, 0.2) is 41.2 Å². The lowest BCUT2D eigenvalue weighted by molar-refractivity contribution is 0.0892. The van der Waals surface area contributed by atoms with E-state index in [1.54, 1.807) is 11.3 Å². The summed E-state index contributed by atoms with van der Waals surface area (Å²) in [6, 6.07) is 11.0. The summed E-state index contributed by atoms with van der Waals surface area (Å²) in [7, 11) is 0. The van der Waals surface area contributed by atoms with Gasteiger partial charge in [0.15, 0.2) is 0 Å². The van der Waals surface area contributed by atoms with Crippen LogP contribution in [0.5, 0.6) is 5.75 Å². The average Bonchev–Trinajstić information content (AvgIpc) is 3.18. The van der Waals surface area contributed by atoms with Gasteiger partial charge >= 0.3 is 0 Å². The third-order valence-electron chi connectivity index (χ3n) is 4.50. The molecular weight excluding hydrogens is 332 g/mol. The van der Waals surface area contributed by atoms with E-state index in [0.717, 1.165) is 36.8 Å². The second kappa shape index (κ2) is 6.98. The summed E-state index contributed by atoms with van der Waals surface area (Å²) in [5.41, 5.74) is 6.44. The topological polar surface area (TPSA) is 43.2 Å².